The highest BCUT2D eigenvalue weighted by molar-refractivity contribution is 6.31. The lowest BCUT2D eigenvalue weighted by Gasteiger charge is -2.18. The van der Waals surface area contributed by atoms with E-state index in [1.807, 2.05) is 18.2 Å². The van der Waals surface area contributed by atoms with Crippen molar-refractivity contribution in [3.8, 4) is 6.07 Å². The predicted molar refractivity (Wildman–Crippen MR) is 79.7 cm³/mol. The molecule has 0 saturated carbocycles. The van der Waals surface area contributed by atoms with Crippen LogP contribution in [0.2, 0.25) is 5.02 Å². The molecule has 0 N–H and O–H groups in total. The Hall–Kier alpha value is -2.31. The van der Waals surface area contributed by atoms with Crippen molar-refractivity contribution in [1.82, 2.24) is 0 Å². The van der Waals surface area contributed by atoms with Gasteiger partial charge in [-0.1, -0.05) is 35.9 Å². The van der Waals surface area contributed by atoms with Gasteiger partial charge in [0.25, 0.3) is 0 Å². The fourth-order valence-corrected chi connectivity index (χ4v) is 2.05. The van der Waals surface area contributed by atoms with E-state index in [1.54, 1.807) is 37.4 Å². The summed E-state index contributed by atoms with van der Waals surface area (Å²) in [6.45, 7) is 0. The topological polar surface area (TPSA) is 44.1 Å². The summed E-state index contributed by atoms with van der Waals surface area (Å²) in [6, 6.07) is 16.3. The van der Waals surface area contributed by atoms with E-state index in [-0.39, 0.29) is 12.3 Å². The molecule has 0 saturated heterocycles. The fraction of sp³-hybridized carbons (Fsp3) is 0.125. The van der Waals surface area contributed by atoms with Gasteiger partial charge >= 0.3 is 0 Å². The fourth-order valence-electron chi connectivity index (χ4n) is 1.85. The van der Waals surface area contributed by atoms with Crippen molar-refractivity contribution in [3.05, 3.63) is 64.7 Å². The predicted octanol–water partition coefficient (Wildman–Crippen LogP) is 3.42. The average molecular weight is 285 g/mol. The SMILES string of the molecule is CN(C(=O)Cc1ccccc1Cl)c1cccc(C#N)c1. The van der Waals surface area contributed by atoms with Gasteiger partial charge in [0.15, 0.2) is 0 Å². The third-order valence-corrected chi connectivity index (χ3v) is 3.40. The van der Waals surface area contributed by atoms with Crippen LogP contribution in [-0.2, 0) is 11.2 Å². The van der Waals surface area contributed by atoms with Gasteiger partial charge in [-0.2, -0.15) is 5.26 Å². The summed E-state index contributed by atoms with van der Waals surface area (Å²) in [5, 5.41) is 9.47. The number of carbonyl (C=O) groups excluding carboxylic acids is 1. The lowest BCUT2D eigenvalue weighted by atomic mass is 10.1. The quantitative estimate of drug-likeness (QED) is 0.867. The van der Waals surface area contributed by atoms with Crippen molar-refractivity contribution < 1.29 is 4.79 Å². The van der Waals surface area contributed by atoms with E-state index in [0.29, 0.717) is 16.3 Å². The second kappa shape index (κ2) is 6.23. The summed E-state index contributed by atoms with van der Waals surface area (Å²) in [7, 11) is 1.69. The second-order valence-electron chi connectivity index (χ2n) is 4.38. The number of nitriles is 1. The Labute approximate surface area is 123 Å². The molecule has 0 unspecified atom stereocenters. The summed E-state index contributed by atoms with van der Waals surface area (Å²) >= 11 is 6.05. The number of nitrogens with zero attached hydrogens (tertiary/aromatic N) is 2. The number of benzene rings is 2. The van der Waals surface area contributed by atoms with Crippen molar-refractivity contribution >= 4 is 23.2 Å². The molecule has 4 heteroatoms. The minimum Gasteiger partial charge on any atom is -0.315 e. The summed E-state index contributed by atoms with van der Waals surface area (Å²) < 4.78 is 0. The smallest absolute Gasteiger partial charge is 0.231 e. The van der Waals surface area contributed by atoms with Gasteiger partial charge in [-0.15, -0.1) is 0 Å². The Morgan fingerprint density at radius 1 is 1.25 bits per heavy atom. The minimum atomic E-state index is -0.0758. The molecule has 0 bridgehead atoms. The van der Waals surface area contributed by atoms with Crippen molar-refractivity contribution in [1.29, 1.82) is 5.26 Å². The lowest BCUT2D eigenvalue weighted by molar-refractivity contribution is -0.117. The van der Waals surface area contributed by atoms with E-state index in [1.165, 1.54) is 4.90 Å². The van der Waals surface area contributed by atoms with Gasteiger partial charge in [-0.3, -0.25) is 4.79 Å². The van der Waals surface area contributed by atoms with Crippen LogP contribution in [0.5, 0.6) is 0 Å². The molecule has 0 radical (unpaired) electrons. The second-order valence-corrected chi connectivity index (χ2v) is 4.79. The van der Waals surface area contributed by atoms with Gasteiger partial charge in [-0.05, 0) is 29.8 Å². The van der Waals surface area contributed by atoms with Gasteiger partial charge < -0.3 is 4.90 Å². The first kappa shape index (κ1) is 14.1. The van der Waals surface area contributed by atoms with Crippen LogP contribution in [0.15, 0.2) is 48.5 Å². The van der Waals surface area contributed by atoms with Crippen LogP contribution >= 0.6 is 11.6 Å². The molecule has 1 amide bonds. The van der Waals surface area contributed by atoms with Crippen molar-refractivity contribution in [2.24, 2.45) is 0 Å². The highest BCUT2D eigenvalue weighted by atomic mass is 35.5. The van der Waals surface area contributed by atoms with Gasteiger partial charge in [0.05, 0.1) is 18.1 Å². The van der Waals surface area contributed by atoms with Crippen molar-refractivity contribution in [2.45, 2.75) is 6.42 Å². The number of anilines is 1. The molecule has 0 heterocycles. The maximum Gasteiger partial charge on any atom is 0.231 e. The first-order valence-electron chi connectivity index (χ1n) is 6.12. The number of hydrogen-bond donors (Lipinski definition) is 0. The molecule has 0 aliphatic rings. The number of rotatable bonds is 3. The number of amides is 1. The molecular formula is C16H13ClN2O. The zero-order chi connectivity index (χ0) is 14.5. The third-order valence-electron chi connectivity index (χ3n) is 3.04. The monoisotopic (exact) mass is 284 g/mol. The largest absolute Gasteiger partial charge is 0.315 e. The molecule has 2 aromatic carbocycles. The molecule has 0 aromatic heterocycles. The normalized spacial score (nSPS) is 9.85. The minimum absolute atomic E-state index is 0.0758. The molecular weight excluding hydrogens is 272 g/mol. The highest BCUT2D eigenvalue weighted by Gasteiger charge is 2.13. The molecule has 0 fully saturated rings. The first-order valence-corrected chi connectivity index (χ1v) is 6.49. The van der Waals surface area contributed by atoms with E-state index in [0.717, 1.165) is 5.56 Å². The van der Waals surface area contributed by atoms with E-state index in [4.69, 9.17) is 16.9 Å². The number of hydrogen-bond acceptors (Lipinski definition) is 2. The van der Waals surface area contributed by atoms with Crippen LogP contribution in [0.1, 0.15) is 11.1 Å². The van der Waals surface area contributed by atoms with Crippen LogP contribution in [0.3, 0.4) is 0 Å². The van der Waals surface area contributed by atoms with Crippen LogP contribution in [0.4, 0.5) is 5.69 Å². The Morgan fingerprint density at radius 3 is 2.70 bits per heavy atom. The Morgan fingerprint density at radius 2 is 2.00 bits per heavy atom. The molecule has 0 spiro atoms. The standard InChI is InChI=1S/C16H13ClN2O/c1-19(14-7-4-5-12(9-14)11-18)16(20)10-13-6-2-3-8-15(13)17/h2-9H,10H2,1H3. The Kier molecular flexibility index (Phi) is 4.39. The number of halogens is 1. The van der Waals surface area contributed by atoms with Crippen molar-refractivity contribution in [2.75, 3.05) is 11.9 Å². The number of likely N-dealkylation sites (N-methyl/N-ethyl adjacent to an activating group) is 1. The summed E-state index contributed by atoms with van der Waals surface area (Å²) in [5.74, 6) is -0.0758. The third kappa shape index (κ3) is 3.17. The van der Waals surface area contributed by atoms with Gasteiger partial charge in [-0.25, -0.2) is 0 Å². The molecule has 0 atom stereocenters. The van der Waals surface area contributed by atoms with E-state index in [9.17, 15) is 4.79 Å². The van der Waals surface area contributed by atoms with Gasteiger partial charge in [0.1, 0.15) is 0 Å². The summed E-state index contributed by atoms with van der Waals surface area (Å²) in [6.07, 6.45) is 0.229. The molecule has 20 heavy (non-hydrogen) atoms. The number of carbonyl (C=O) groups is 1. The van der Waals surface area contributed by atoms with E-state index < -0.39 is 0 Å². The van der Waals surface area contributed by atoms with Crippen LogP contribution in [-0.4, -0.2) is 13.0 Å². The maximum absolute atomic E-state index is 12.2. The van der Waals surface area contributed by atoms with Gasteiger partial charge in [0.2, 0.25) is 5.91 Å². The molecule has 2 aromatic rings. The molecule has 2 rings (SSSR count). The molecule has 3 nitrogen and oxygen atoms in total. The summed E-state index contributed by atoms with van der Waals surface area (Å²) in [4.78, 5) is 13.8. The van der Waals surface area contributed by atoms with Crippen LogP contribution < -0.4 is 4.90 Å². The van der Waals surface area contributed by atoms with Gasteiger partial charge in [0, 0.05) is 17.8 Å². The first-order chi connectivity index (χ1) is 9.61. The zero-order valence-electron chi connectivity index (χ0n) is 11.0. The average Bonchev–Trinajstić information content (AvgIpc) is 2.48. The maximum atomic E-state index is 12.2. The molecule has 0 aliphatic carbocycles. The van der Waals surface area contributed by atoms with Crippen LogP contribution in [0, 0.1) is 11.3 Å². The van der Waals surface area contributed by atoms with E-state index >= 15 is 0 Å². The summed E-state index contributed by atoms with van der Waals surface area (Å²) in [5.41, 5.74) is 2.02. The van der Waals surface area contributed by atoms with Crippen molar-refractivity contribution in [3.63, 3.8) is 0 Å². The van der Waals surface area contributed by atoms with E-state index in [2.05, 4.69) is 6.07 Å². The molecule has 0 aliphatic heterocycles. The zero-order valence-corrected chi connectivity index (χ0v) is 11.8. The Bertz CT molecular complexity index is 676. The van der Waals surface area contributed by atoms with Crippen LogP contribution in [0.25, 0.3) is 0 Å². The highest BCUT2D eigenvalue weighted by Crippen LogP contribution is 2.19. The lowest BCUT2D eigenvalue weighted by Crippen LogP contribution is -2.27. The Balaban J connectivity index is 2.17. The molecule has 100 valence electrons.